The quantitative estimate of drug-likeness (QED) is 0.849. The lowest BCUT2D eigenvalue weighted by molar-refractivity contribution is -0.117. The highest BCUT2D eigenvalue weighted by molar-refractivity contribution is 6.32. The Bertz CT molecular complexity index is 781. The van der Waals surface area contributed by atoms with Gasteiger partial charge >= 0.3 is 0 Å². The maximum Gasteiger partial charge on any atom is 0.246 e. The summed E-state index contributed by atoms with van der Waals surface area (Å²) in [6, 6.07) is 9.09. The minimum atomic E-state index is -0.371. The fourth-order valence-corrected chi connectivity index (χ4v) is 2.94. The number of pyridine rings is 1. The number of rotatable bonds is 4. The molecule has 0 aliphatic carbocycles. The number of nitrogens with one attached hydrogen (secondary N) is 1. The molecule has 3 rings (SSSR count). The molecule has 6 nitrogen and oxygen atoms in total. The van der Waals surface area contributed by atoms with Gasteiger partial charge in [-0.2, -0.15) is 0 Å². The third-order valence-corrected chi connectivity index (χ3v) is 4.52. The number of carbonyl (C=O) groups is 1. The van der Waals surface area contributed by atoms with Crippen LogP contribution in [0.5, 0.6) is 5.75 Å². The van der Waals surface area contributed by atoms with Crippen LogP contribution < -0.4 is 19.9 Å². The molecule has 2 aromatic rings. The molecule has 2 heterocycles. The van der Waals surface area contributed by atoms with E-state index in [1.165, 1.54) is 0 Å². The molecule has 0 fully saturated rings. The maximum atomic E-state index is 12.7. The van der Waals surface area contributed by atoms with E-state index in [1.807, 2.05) is 49.0 Å². The minimum absolute atomic E-state index is 0.139. The van der Waals surface area contributed by atoms with Gasteiger partial charge in [-0.05, 0) is 31.2 Å². The Morgan fingerprint density at radius 1 is 1.40 bits per heavy atom. The highest BCUT2D eigenvalue weighted by atomic mass is 35.5. The Kier molecular flexibility index (Phi) is 4.99. The van der Waals surface area contributed by atoms with E-state index in [9.17, 15) is 4.79 Å². The Hall–Kier alpha value is -2.47. The van der Waals surface area contributed by atoms with Crippen LogP contribution in [0, 0.1) is 0 Å². The zero-order valence-electron chi connectivity index (χ0n) is 14.5. The van der Waals surface area contributed by atoms with Gasteiger partial charge in [0.25, 0.3) is 0 Å². The molecule has 1 aromatic heterocycles. The second-order valence-corrected chi connectivity index (χ2v) is 6.45. The fraction of sp³-hybridized carbons (Fsp3) is 0.333. The van der Waals surface area contributed by atoms with Crippen LogP contribution in [0.2, 0.25) is 5.15 Å². The van der Waals surface area contributed by atoms with Crippen molar-refractivity contribution in [1.82, 2.24) is 4.98 Å². The highest BCUT2D eigenvalue weighted by Gasteiger charge is 2.27. The largest absolute Gasteiger partial charge is 0.489 e. The van der Waals surface area contributed by atoms with Gasteiger partial charge in [0.2, 0.25) is 5.91 Å². The summed E-state index contributed by atoms with van der Waals surface area (Å²) in [6.07, 6.45) is 1.59. The number of ether oxygens (including phenoxy) is 1. The number of fused-ring (bicyclic) bond motifs is 1. The Morgan fingerprint density at radius 3 is 2.92 bits per heavy atom. The Labute approximate surface area is 152 Å². The summed E-state index contributed by atoms with van der Waals surface area (Å²) < 4.78 is 5.78. The van der Waals surface area contributed by atoms with Crippen LogP contribution in [0.4, 0.5) is 17.1 Å². The van der Waals surface area contributed by atoms with E-state index in [-0.39, 0.29) is 17.1 Å². The molecule has 1 aliphatic rings. The van der Waals surface area contributed by atoms with E-state index in [0.717, 1.165) is 17.1 Å². The van der Waals surface area contributed by atoms with Crippen molar-refractivity contribution < 1.29 is 9.53 Å². The standard InChI is InChI=1S/C18H21ClN4O2/c1-12(18(24)21-14-5-4-8-20-17(14)19)23-9-10-25-16-11-13(22(2)3)6-7-15(16)23/h4-8,11-12H,9-10H2,1-3H3,(H,21,24)/t12-/m0/s1. The van der Waals surface area contributed by atoms with Crippen molar-refractivity contribution in [3.8, 4) is 5.75 Å². The van der Waals surface area contributed by atoms with Crippen LogP contribution in [0.15, 0.2) is 36.5 Å². The number of aromatic nitrogens is 1. The number of hydrogen-bond acceptors (Lipinski definition) is 5. The average molecular weight is 361 g/mol. The lowest BCUT2D eigenvalue weighted by Crippen LogP contribution is -2.46. The molecular formula is C18H21ClN4O2. The average Bonchev–Trinajstić information content (AvgIpc) is 2.61. The van der Waals surface area contributed by atoms with Crippen LogP contribution in [-0.2, 0) is 4.79 Å². The molecule has 7 heteroatoms. The zero-order chi connectivity index (χ0) is 18.0. The third-order valence-electron chi connectivity index (χ3n) is 4.22. The Balaban J connectivity index is 1.80. The van der Waals surface area contributed by atoms with Gasteiger partial charge in [-0.1, -0.05) is 11.6 Å². The van der Waals surface area contributed by atoms with Crippen LogP contribution in [0.3, 0.4) is 0 Å². The normalized spacial score (nSPS) is 14.3. The molecule has 0 unspecified atom stereocenters. The molecule has 1 atom stereocenters. The molecule has 25 heavy (non-hydrogen) atoms. The molecule has 0 saturated carbocycles. The van der Waals surface area contributed by atoms with Crippen molar-refractivity contribution in [3.63, 3.8) is 0 Å². The monoisotopic (exact) mass is 360 g/mol. The van der Waals surface area contributed by atoms with Gasteiger partial charge in [-0.15, -0.1) is 0 Å². The molecule has 1 aromatic carbocycles. The summed E-state index contributed by atoms with van der Waals surface area (Å²) in [5.74, 6) is 0.649. The number of halogens is 1. The highest BCUT2D eigenvalue weighted by Crippen LogP contribution is 2.36. The molecule has 1 N–H and O–H groups in total. The second kappa shape index (κ2) is 7.19. The van der Waals surface area contributed by atoms with Crippen molar-refractivity contribution >= 4 is 34.6 Å². The first-order valence-corrected chi connectivity index (χ1v) is 8.47. The van der Waals surface area contributed by atoms with Crippen molar-refractivity contribution in [1.29, 1.82) is 0 Å². The lowest BCUT2D eigenvalue weighted by Gasteiger charge is -2.35. The summed E-state index contributed by atoms with van der Waals surface area (Å²) in [4.78, 5) is 20.7. The summed E-state index contributed by atoms with van der Waals surface area (Å²) in [5.41, 5.74) is 2.48. The number of hydrogen-bond donors (Lipinski definition) is 1. The maximum absolute atomic E-state index is 12.7. The summed E-state index contributed by atoms with van der Waals surface area (Å²) in [7, 11) is 3.96. The summed E-state index contributed by atoms with van der Waals surface area (Å²) in [6.45, 7) is 3.05. The van der Waals surface area contributed by atoms with E-state index >= 15 is 0 Å². The van der Waals surface area contributed by atoms with Crippen molar-refractivity contribution in [2.45, 2.75) is 13.0 Å². The predicted octanol–water partition coefficient (Wildman–Crippen LogP) is 3.03. The third kappa shape index (κ3) is 3.64. The van der Waals surface area contributed by atoms with Crippen LogP contribution in [-0.4, -0.2) is 44.2 Å². The minimum Gasteiger partial charge on any atom is -0.489 e. The van der Waals surface area contributed by atoms with Crippen molar-refractivity contribution in [2.24, 2.45) is 0 Å². The molecule has 132 valence electrons. The molecule has 0 spiro atoms. The number of amides is 1. The number of anilines is 3. The predicted molar refractivity (Wildman–Crippen MR) is 101 cm³/mol. The van der Waals surface area contributed by atoms with Gasteiger partial charge in [-0.3, -0.25) is 4.79 Å². The molecule has 0 radical (unpaired) electrons. The van der Waals surface area contributed by atoms with Gasteiger partial charge in [0.1, 0.15) is 18.4 Å². The van der Waals surface area contributed by atoms with E-state index in [1.54, 1.807) is 18.3 Å². The molecule has 1 amide bonds. The lowest BCUT2D eigenvalue weighted by atomic mass is 10.1. The first-order valence-electron chi connectivity index (χ1n) is 8.09. The van der Waals surface area contributed by atoms with Crippen LogP contribution in [0.1, 0.15) is 6.92 Å². The zero-order valence-corrected chi connectivity index (χ0v) is 15.2. The van der Waals surface area contributed by atoms with Gasteiger partial charge in [0.05, 0.1) is 17.9 Å². The van der Waals surface area contributed by atoms with Crippen molar-refractivity contribution in [2.75, 3.05) is 42.4 Å². The fourth-order valence-electron chi connectivity index (χ4n) is 2.77. The first kappa shape index (κ1) is 17.4. The summed E-state index contributed by atoms with van der Waals surface area (Å²) >= 11 is 6.02. The topological polar surface area (TPSA) is 57.7 Å². The number of nitrogens with zero attached hydrogens (tertiary/aromatic N) is 3. The smallest absolute Gasteiger partial charge is 0.246 e. The van der Waals surface area contributed by atoms with Gasteiger partial charge in [0, 0.05) is 32.0 Å². The summed E-state index contributed by atoms with van der Waals surface area (Å²) in [5, 5.41) is 3.12. The van der Waals surface area contributed by atoms with E-state index in [4.69, 9.17) is 16.3 Å². The number of benzene rings is 1. The van der Waals surface area contributed by atoms with Crippen molar-refractivity contribution in [3.05, 3.63) is 41.7 Å². The molecule has 0 saturated heterocycles. The SMILES string of the molecule is C[C@@H](C(=O)Nc1cccnc1Cl)N1CCOc2cc(N(C)C)ccc21. The van der Waals surface area contributed by atoms with Crippen LogP contribution >= 0.6 is 11.6 Å². The van der Waals surface area contributed by atoms with Crippen LogP contribution in [0.25, 0.3) is 0 Å². The first-order chi connectivity index (χ1) is 12.0. The second-order valence-electron chi connectivity index (χ2n) is 6.10. The Morgan fingerprint density at radius 2 is 2.20 bits per heavy atom. The van der Waals surface area contributed by atoms with E-state index < -0.39 is 0 Å². The van der Waals surface area contributed by atoms with Gasteiger partial charge < -0.3 is 19.9 Å². The van der Waals surface area contributed by atoms with E-state index in [2.05, 4.69) is 10.3 Å². The van der Waals surface area contributed by atoms with Gasteiger partial charge in [-0.25, -0.2) is 4.98 Å². The van der Waals surface area contributed by atoms with E-state index in [0.29, 0.717) is 18.8 Å². The number of carbonyl (C=O) groups excluding carboxylic acids is 1. The molecule has 0 bridgehead atoms. The molecular weight excluding hydrogens is 340 g/mol. The molecule has 1 aliphatic heterocycles. The van der Waals surface area contributed by atoms with Gasteiger partial charge in [0.15, 0.2) is 5.15 Å².